The fourth-order valence-corrected chi connectivity index (χ4v) is 0.776. The number of aryl methyl sites for hydroxylation is 1. The van der Waals surface area contributed by atoms with Crippen molar-refractivity contribution < 1.29 is 14.0 Å². The Bertz CT molecular complexity index is 340. The van der Waals surface area contributed by atoms with Crippen LogP contribution in [0.25, 0.3) is 0 Å². The molecule has 1 aromatic heterocycles. The predicted molar refractivity (Wildman–Crippen MR) is 39.8 cm³/mol. The summed E-state index contributed by atoms with van der Waals surface area (Å²) in [7, 11) is 0. The lowest BCUT2D eigenvalue weighted by atomic mass is 10.3. The molecule has 0 aliphatic heterocycles. The fraction of sp³-hybridized carbons (Fsp3) is 0.286. The minimum Gasteiger partial charge on any atom is -0.438 e. The van der Waals surface area contributed by atoms with E-state index < -0.39 is 5.91 Å². The highest BCUT2D eigenvalue weighted by atomic mass is 16.4. The Labute approximate surface area is 68.6 Å². The molecular weight excluding hydrogens is 160 g/mol. The lowest BCUT2D eigenvalue weighted by Gasteiger charge is -1.84. The van der Waals surface area contributed by atoms with Crippen LogP contribution in [0.1, 0.15) is 33.9 Å². The van der Waals surface area contributed by atoms with E-state index in [0.29, 0.717) is 0 Å². The second-order valence-corrected chi connectivity index (χ2v) is 2.34. The van der Waals surface area contributed by atoms with Crippen molar-refractivity contribution in [2.45, 2.75) is 13.8 Å². The molecule has 0 fully saturated rings. The number of nitrogens with two attached hydrogens (primary N) is 1. The van der Waals surface area contributed by atoms with Crippen LogP contribution in [-0.4, -0.2) is 16.7 Å². The summed E-state index contributed by atoms with van der Waals surface area (Å²) in [5.41, 5.74) is 4.97. The van der Waals surface area contributed by atoms with Gasteiger partial charge in [0.25, 0.3) is 11.8 Å². The van der Waals surface area contributed by atoms with Gasteiger partial charge in [0.2, 0.25) is 5.78 Å². The number of carbonyl (C=O) groups excluding carboxylic acids is 2. The van der Waals surface area contributed by atoms with E-state index in [1.165, 1.54) is 13.8 Å². The third-order valence-electron chi connectivity index (χ3n) is 1.33. The van der Waals surface area contributed by atoms with E-state index in [4.69, 9.17) is 10.2 Å². The lowest BCUT2D eigenvalue weighted by Crippen LogP contribution is -2.12. The fourth-order valence-electron chi connectivity index (χ4n) is 0.776. The Morgan fingerprint density at radius 2 is 2.08 bits per heavy atom. The number of nitrogens with zero attached hydrogens (tertiary/aromatic N) is 1. The van der Waals surface area contributed by atoms with Crippen LogP contribution in [-0.2, 0) is 0 Å². The first-order chi connectivity index (χ1) is 5.52. The SMILES string of the molecule is CC(=O)c1nc(C(N)=O)c(C)o1. The Morgan fingerprint density at radius 1 is 1.50 bits per heavy atom. The predicted octanol–water partition coefficient (Wildman–Crippen LogP) is 0.285. The standard InChI is InChI=1S/C7H8N2O3/c1-3(10)7-9-5(6(8)11)4(2)12-7/h1-2H3,(H2,8,11). The molecule has 0 aliphatic rings. The Kier molecular flexibility index (Phi) is 1.95. The Morgan fingerprint density at radius 3 is 2.33 bits per heavy atom. The number of ketones is 1. The average molecular weight is 168 g/mol. The zero-order chi connectivity index (χ0) is 9.30. The largest absolute Gasteiger partial charge is 0.438 e. The highest BCUT2D eigenvalue weighted by molar-refractivity contribution is 5.95. The molecule has 12 heavy (non-hydrogen) atoms. The summed E-state index contributed by atoms with van der Waals surface area (Å²) in [4.78, 5) is 25.0. The summed E-state index contributed by atoms with van der Waals surface area (Å²) in [6.07, 6.45) is 0. The van der Waals surface area contributed by atoms with Crippen molar-refractivity contribution in [3.8, 4) is 0 Å². The van der Waals surface area contributed by atoms with Gasteiger partial charge >= 0.3 is 0 Å². The molecule has 0 aliphatic carbocycles. The number of carbonyl (C=O) groups is 2. The van der Waals surface area contributed by atoms with Crippen LogP contribution in [0.2, 0.25) is 0 Å². The van der Waals surface area contributed by atoms with Gasteiger partial charge in [-0.3, -0.25) is 9.59 Å². The van der Waals surface area contributed by atoms with Gasteiger partial charge in [-0.25, -0.2) is 4.98 Å². The number of Topliss-reactive ketones (excluding diaryl/α,β-unsaturated/α-hetero) is 1. The number of aromatic nitrogens is 1. The first kappa shape index (κ1) is 8.45. The quantitative estimate of drug-likeness (QED) is 0.643. The maximum absolute atomic E-state index is 10.7. The van der Waals surface area contributed by atoms with Gasteiger partial charge in [0, 0.05) is 6.92 Å². The zero-order valence-corrected chi connectivity index (χ0v) is 6.75. The van der Waals surface area contributed by atoms with Crippen LogP contribution >= 0.6 is 0 Å². The highest BCUT2D eigenvalue weighted by Gasteiger charge is 2.16. The molecule has 5 heteroatoms. The number of oxazole rings is 1. The normalized spacial score (nSPS) is 9.83. The maximum atomic E-state index is 10.7. The number of primary amides is 1. The molecule has 1 rings (SSSR count). The molecule has 0 atom stereocenters. The van der Waals surface area contributed by atoms with Crippen LogP contribution in [0.4, 0.5) is 0 Å². The second kappa shape index (κ2) is 2.77. The van der Waals surface area contributed by atoms with E-state index in [-0.39, 0.29) is 23.1 Å². The highest BCUT2D eigenvalue weighted by Crippen LogP contribution is 2.09. The van der Waals surface area contributed by atoms with Gasteiger partial charge in [-0.1, -0.05) is 0 Å². The molecule has 64 valence electrons. The van der Waals surface area contributed by atoms with Gasteiger partial charge in [0.05, 0.1) is 0 Å². The lowest BCUT2D eigenvalue weighted by molar-refractivity contribution is 0.0978. The maximum Gasteiger partial charge on any atom is 0.270 e. The van der Waals surface area contributed by atoms with Gasteiger partial charge in [0.1, 0.15) is 5.76 Å². The smallest absolute Gasteiger partial charge is 0.270 e. The molecule has 1 aromatic rings. The zero-order valence-electron chi connectivity index (χ0n) is 6.75. The number of hydrogen-bond acceptors (Lipinski definition) is 4. The van der Waals surface area contributed by atoms with Crippen molar-refractivity contribution >= 4 is 11.7 Å². The third-order valence-corrected chi connectivity index (χ3v) is 1.33. The van der Waals surface area contributed by atoms with Crippen LogP contribution in [0.5, 0.6) is 0 Å². The van der Waals surface area contributed by atoms with Gasteiger partial charge in [0.15, 0.2) is 5.69 Å². The topological polar surface area (TPSA) is 86.2 Å². The van der Waals surface area contributed by atoms with Crippen LogP contribution in [0, 0.1) is 6.92 Å². The molecule has 5 nitrogen and oxygen atoms in total. The van der Waals surface area contributed by atoms with Crippen LogP contribution < -0.4 is 5.73 Å². The molecule has 0 radical (unpaired) electrons. The summed E-state index contributed by atoms with van der Waals surface area (Å²) >= 11 is 0. The molecular formula is C7H8N2O3. The molecule has 0 aromatic carbocycles. The van der Waals surface area contributed by atoms with E-state index in [1.54, 1.807) is 0 Å². The van der Waals surface area contributed by atoms with Crippen molar-refractivity contribution in [2.24, 2.45) is 5.73 Å². The molecule has 1 heterocycles. The third kappa shape index (κ3) is 1.34. The summed E-state index contributed by atoms with van der Waals surface area (Å²) < 4.78 is 4.88. The Balaban J connectivity index is 3.17. The summed E-state index contributed by atoms with van der Waals surface area (Å²) in [6.45, 7) is 2.83. The molecule has 2 N–H and O–H groups in total. The van der Waals surface area contributed by atoms with Crippen molar-refractivity contribution in [2.75, 3.05) is 0 Å². The van der Waals surface area contributed by atoms with Crippen molar-refractivity contribution in [1.29, 1.82) is 0 Å². The average Bonchev–Trinajstić information content (AvgIpc) is 2.30. The molecule has 0 saturated carbocycles. The van der Waals surface area contributed by atoms with Crippen LogP contribution in [0.15, 0.2) is 4.42 Å². The van der Waals surface area contributed by atoms with E-state index in [1.807, 2.05) is 0 Å². The first-order valence-electron chi connectivity index (χ1n) is 3.30. The summed E-state index contributed by atoms with van der Waals surface area (Å²) in [5, 5.41) is 0. The Hall–Kier alpha value is -1.65. The molecule has 1 amide bonds. The molecule has 0 saturated heterocycles. The van der Waals surface area contributed by atoms with Gasteiger partial charge in [-0.05, 0) is 6.92 Å². The van der Waals surface area contributed by atoms with Crippen LogP contribution in [0.3, 0.4) is 0 Å². The van der Waals surface area contributed by atoms with Gasteiger partial charge < -0.3 is 10.2 Å². The van der Waals surface area contributed by atoms with E-state index in [9.17, 15) is 9.59 Å². The second-order valence-electron chi connectivity index (χ2n) is 2.34. The van der Waals surface area contributed by atoms with Gasteiger partial charge in [-0.2, -0.15) is 0 Å². The van der Waals surface area contributed by atoms with E-state index in [2.05, 4.69) is 4.98 Å². The monoisotopic (exact) mass is 168 g/mol. The van der Waals surface area contributed by atoms with E-state index >= 15 is 0 Å². The minimum atomic E-state index is -0.691. The van der Waals surface area contributed by atoms with Gasteiger partial charge in [-0.15, -0.1) is 0 Å². The minimum absolute atomic E-state index is 0.0141. The molecule has 0 bridgehead atoms. The number of hydrogen-bond donors (Lipinski definition) is 1. The van der Waals surface area contributed by atoms with Crippen molar-refractivity contribution in [3.05, 3.63) is 17.3 Å². The van der Waals surface area contributed by atoms with Crippen molar-refractivity contribution in [3.63, 3.8) is 0 Å². The number of rotatable bonds is 2. The summed E-state index contributed by atoms with van der Waals surface area (Å²) in [5.74, 6) is -0.830. The first-order valence-corrected chi connectivity index (χ1v) is 3.30. The van der Waals surface area contributed by atoms with E-state index in [0.717, 1.165) is 0 Å². The van der Waals surface area contributed by atoms with Crippen molar-refractivity contribution in [1.82, 2.24) is 4.98 Å². The number of amides is 1. The molecule has 0 spiro atoms. The molecule has 0 unspecified atom stereocenters. The summed E-state index contributed by atoms with van der Waals surface area (Å²) in [6, 6.07) is 0.